The second kappa shape index (κ2) is 9.71. The molecule has 148 valence electrons. The number of halogens is 1. The van der Waals surface area contributed by atoms with Gasteiger partial charge in [-0.15, -0.1) is 0 Å². The first-order valence-corrected chi connectivity index (χ1v) is 9.41. The maximum absolute atomic E-state index is 12.2. The van der Waals surface area contributed by atoms with E-state index in [-0.39, 0.29) is 17.5 Å². The molecule has 3 aromatic rings. The van der Waals surface area contributed by atoms with Gasteiger partial charge in [0.05, 0.1) is 0 Å². The number of anilines is 1. The van der Waals surface area contributed by atoms with Crippen LogP contribution in [0.3, 0.4) is 0 Å². The lowest BCUT2D eigenvalue weighted by Gasteiger charge is -2.09. The quantitative estimate of drug-likeness (QED) is 0.603. The van der Waals surface area contributed by atoms with Gasteiger partial charge in [-0.2, -0.15) is 0 Å². The van der Waals surface area contributed by atoms with Gasteiger partial charge in [0.2, 0.25) is 5.91 Å². The monoisotopic (exact) mass is 409 g/mol. The molecule has 0 aliphatic carbocycles. The second-order valence-corrected chi connectivity index (χ2v) is 6.70. The van der Waals surface area contributed by atoms with E-state index in [9.17, 15) is 9.59 Å². The molecule has 1 heterocycles. The van der Waals surface area contributed by atoms with Crippen LogP contribution in [0.4, 0.5) is 5.69 Å². The molecule has 2 amide bonds. The van der Waals surface area contributed by atoms with Crippen LogP contribution < -0.4 is 15.4 Å². The van der Waals surface area contributed by atoms with Crippen molar-refractivity contribution in [1.82, 2.24) is 10.3 Å². The summed E-state index contributed by atoms with van der Waals surface area (Å²) in [5, 5.41) is 5.93. The summed E-state index contributed by atoms with van der Waals surface area (Å²) in [5.41, 5.74) is 1.91. The highest BCUT2D eigenvalue weighted by atomic mass is 35.5. The SMILES string of the molecule is CNC(=O)c1cc(Oc2cccc(CCC(=O)Nc3cccc(Cl)c3)c2)ccn1. The molecule has 0 spiro atoms. The third-order valence-corrected chi connectivity index (χ3v) is 4.31. The van der Waals surface area contributed by atoms with E-state index in [1.54, 1.807) is 43.4 Å². The lowest BCUT2D eigenvalue weighted by molar-refractivity contribution is -0.116. The van der Waals surface area contributed by atoms with Crippen LogP contribution in [-0.4, -0.2) is 23.8 Å². The molecule has 0 saturated carbocycles. The Labute approximate surface area is 173 Å². The van der Waals surface area contributed by atoms with Crippen molar-refractivity contribution in [3.8, 4) is 11.5 Å². The number of hydrogen-bond acceptors (Lipinski definition) is 4. The number of carbonyl (C=O) groups excluding carboxylic acids is 2. The molecule has 0 radical (unpaired) electrons. The fraction of sp³-hybridized carbons (Fsp3) is 0.136. The molecule has 0 aliphatic heterocycles. The fourth-order valence-electron chi connectivity index (χ4n) is 2.68. The van der Waals surface area contributed by atoms with Crippen LogP contribution in [0.15, 0.2) is 66.9 Å². The van der Waals surface area contributed by atoms with Gasteiger partial charge in [-0.05, 0) is 48.4 Å². The number of carbonyl (C=O) groups is 2. The van der Waals surface area contributed by atoms with Gasteiger partial charge in [-0.25, -0.2) is 0 Å². The number of hydrogen-bond donors (Lipinski definition) is 2. The number of nitrogens with zero attached hydrogens (tertiary/aromatic N) is 1. The minimum Gasteiger partial charge on any atom is -0.457 e. The minimum atomic E-state index is -0.282. The Bertz CT molecular complexity index is 1020. The Hall–Kier alpha value is -3.38. The summed E-state index contributed by atoms with van der Waals surface area (Å²) < 4.78 is 5.83. The lowest BCUT2D eigenvalue weighted by Crippen LogP contribution is -2.18. The molecule has 0 aliphatic rings. The summed E-state index contributed by atoms with van der Waals surface area (Å²) >= 11 is 5.93. The molecule has 2 aromatic carbocycles. The van der Waals surface area contributed by atoms with Crippen LogP contribution in [0.5, 0.6) is 11.5 Å². The molecule has 0 saturated heterocycles. The van der Waals surface area contributed by atoms with Gasteiger partial charge in [0.25, 0.3) is 5.91 Å². The van der Waals surface area contributed by atoms with Crippen molar-refractivity contribution in [3.63, 3.8) is 0 Å². The summed E-state index contributed by atoms with van der Waals surface area (Å²) in [6.07, 6.45) is 2.40. The number of ether oxygens (including phenoxy) is 1. The Morgan fingerprint density at radius 3 is 2.62 bits per heavy atom. The molecule has 0 fully saturated rings. The number of aromatic nitrogens is 1. The van der Waals surface area contributed by atoms with E-state index < -0.39 is 0 Å². The van der Waals surface area contributed by atoms with Gasteiger partial charge < -0.3 is 15.4 Å². The van der Waals surface area contributed by atoms with Crippen molar-refractivity contribution in [3.05, 3.63) is 83.1 Å². The summed E-state index contributed by atoms with van der Waals surface area (Å²) in [5.74, 6) is 0.749. The zero-order valence-corrected chi connectivity index (χ0v) is 16.6. The highest BCUT2D eigenvalue weighted by Gasteiger charge is 2.08. The molecule has 7 heteroatoms. The summed E-state index contributed by atoms with van der Waals surface area (Å²) in [6, 6.07) is 17.8. The van der Waals surface area contributed by atoms with E-state index in [0.717, 1.165) is 5.56 Å². The number of benzene rings is 2. The highest BCUT2D eigenvalue weighted by Crippen LogP contribution is 2.23. The van der Waals surface area contributed by atoms with Gasteiger partial charge in [-0.3, -0.25) is 14.6 Å². The van der Waals surface area contributed by atoms with Crippen molar-refractivity contribution in [2.75, 3.05) is 12.4 Å². The van der Waals surface area contributed by atoms with Crippen LogP contribution in [0.25, 0.3) is 0 Å². The Morgan fingerprint density at radius 2 is 1.83 bits per heavy atom. The second-order valence-electron chi connectivity index (χ2n) is 6.26. The topological polar surface area (TPSA) is 80.3 Å². The number of nitrogens with one attached hydrogen (secondary N) is 2. The first-order valence-electron chi connectivity index (χ1n) is 9.04. The van der Waals surface area contributed by atoms with Crippen molar-refractivity contribution >= 4 is 29.1 Å². The molecule has 6 nitrogen and oxygen atoms in total. The van der Waals surface area contributed by atoms with Crippen LogP contribution in [0, 0.1) is 0 Å². The van der Waals surface area contributed by atoms with Crippen LogP contribution in [0.1, 0.15) is 22.5 Å². The predicted octanol–water partition coefficient (Wildman–Crippen LogP) is 4.46. The first-order chi connectivity index (χ1) is 14.0. The molecule has 1 aromatic heterocycles. The molecule has 0 bridgehead atoms. The summed E-state index contributed by atoms with van der Waals surface area (Å²) in [7, 11) is 1.55. The van der Waals surface area contributed by atoms with Crippen LogP contribution in [-0.2, 0) is 11.2 Å². The first kappa shape index (κ1) is 20.4. The smallest absolute Gasteiger partial charge is 0.269 e. The Morgan fingerprint density at radius 1 is 1.03 bits per heavy atom. The average Bonchev–Trinajstić information content (AvgIpc) is 2.72. The van der Waals surface area contributed by atoms with Gasteiger partial charge in [-0.1, -0.05) is 29.8 Å². The lowest BCUT2D eigenvalue weighted by atomic mass is 10.1. The molecule has 29 heavy (non-hydrogen) atoms. The van der Waals surface area contributed by atoms with Crippen LogP contribution in [0.2, 0.25) is 5.02 Å². The molecular weight excluding hydrogens is 390 g/mol. The number of pyridine rings is 1. The van der Waals surface area contributed by atoms with E-state index in [0.29, 0.717) is 35.1 Å². The number of amides is 2. The fourth-order valence-corrected chi connectivity index (χ4v) is 2.87. The number of rotatable bonds is 7. The van der Waals surface area contributed by atoms with Crippen molar-refractivity contribution in [1.29, 1.82) is 0 Å². The molecule has 0 atom stereocenters. The van der Waals surface area contributed by atoms with E-state index in [2.05, 4.69) is 15.6 Å². The van der Waals surface area contributed by atoms with E-state index in [1.165, 1.54) is 6.20 Å². The summed E-state index contributed by atoms with van der Waals surface area (Å²) in [4.78, 5) is 27.9. The highest BCUT2D eigenvalue weighted by molar-refractivity contribution is 6.30. The number of aryl methyl sites for hydroxylation is 1. The van der Waals surface area contributed by atoms with Crippen molar-refractivity contribution < 1.29 is 14.3 Å². The standard InChI is InChI=1S/C22H20ClN3O3/c1-24-22(28)20-14-19(10-11-25-20)29-18-7-2-4-15(12-18)8-9-21(27)26-17-6-3-5-16(23)13-17/h2-7,10-14H,8-9H2,1H3,(H,24,28)(H,26,27). The van der Waals surface area contributed by atoms with Crippen LogP contribution >= 0.6 is 11.6 Å². The molecule has 2 N–H and O–H groups in total. The van der Waals surface area contributed by atoms with Gasteiger partial charge in [0.1, 0.15) is 17.2 Å². The maximum atomic E-state index is 12.2. The van der Waals surface area contributed by atoms with Crippen molar-refractivity contribution in [2.24, 2.45) is 0 Å². The molecule has 3 rings (SSSR count). The minimum absolute atomic E-state index is 0.0945. The normalized spacial score (nSPS) is 10.3. The molecule has 0 unspecified atom stereocenters. The van der Waals surface area contributed by atoms with Gasteiger partial charge in [0, 0.05) is 36.4 Å². The van der Waals surface area contributed by atoms with E-state index >= 15 is 0 Å². The Balaban J connectivity index is 1.59. The third-order valence-electron chi connectivity index (χ3n) is 4.07. The van der Waals surface area contributed by atoms with Gasteiger partial charge in [0.15, 0.2) is 0 Å². The Kier molecular flexibility index (Phi) is 6.81. The predicted molar refractivity (Wildman–Crippen MR) is 113 cm³/mol. The van der Waals surface area contributed by atoms with Gasteiger partial charge >= 0.3 is 0 Å². The van der Waals surface area contributed by atoms with E-state index in [4.69, 9.17) is 16.3 Å². The summed E-state index contributed by atoms with van der Waals surface area (Å²) in [6.45, 7) is 0. The zero-order valence-electron chi connectivity index (χ0n) is 15.8. The maximum Gasteiger partial charge on any atom is 0.269 e. The average molecular weight is 410 g/mol. The van der Waals surface area contributed by atoms with Crippen molar-refractivity contribution in [2.45, 2.75) is 12.8 Å². The zero-order chi connectivity index (χ0) is 20.6. The largest absolute Gasteiger partial charge is 0.457 e. The van der Waals surface area contributed by atoms with E-state index in [1.807, 2.05) is 24.3 Å². The third kappa shape index (κ3) is 6.05. The molecular formula is C22H20ClN3O3.